The van der Waals surface area contributed by atoms with E-state index in [1.165, 1.54) is 0 Å². The Hall–Kier alpha value is -3.03. The lowest BCUT2D eigenvalue weighted by Crippen LogP contribution is -2.18. The molecule has 3 rings (SSSR count). The summed E-state index contributed by atoms with van der Waals surface area (Å²) in [5.74, 6) is 1.11. The Morgan fingerprint density at radius 3 is 2.88 bits per heavy atom. The first-order valence-corrected chi connectivity index (χ1v) is 8.00. The predicted molar refractivity (Wildman–Crippen MR) is 102 cm³/mol. The van der Waals surface area contributed by atoms with Gasteiger partial charge in [0.2, 0.25) is 5.95 Å². The molecule has 0 aliphatic heterocycles. The number of aromatic nitrogens is 4. The van der Waals surface area contributed by atoms with Crippen molar-refractivity contribution in [2.24, 2.45) is 0 Å². The van der Waals surface area contributed by atoms with Crippen molar-refractivity contribution in [2.75, 3.05) is 36.2 Å². The zero-order chi connectivity index (χ0) is 17.6. The molecule has 0 amide bonds. The summed E-state index contributed by atoms with van der Waals surface area (Å²) in [6, 6.07) is 8.03. The van der Waals surface area contributed by atoms with Crippen LogP contribution in [-0.4, -0.2) is 48.4 Å². The van der Waals surface area contributed by atoms with Crippen LogP contribution in [0.25, 0.3) is 0 Å². The van der Waals surface area contributed by atoms with Gasteiger partial charge in [0.25, 0.3) is 0 Å². The summed E-state index contributed by atoms with van der Waals surface area (Å²) in [5, 5.41) is 6.45. The number of imidazole rings is 1. The molecule has 2 heterocycles. The van der Waals surface area contributed by atoms with Crippen LogP contribution < -0.4 is 21.0 Å². The molecule has 0 aliphatic carbocycles. The Balaban J connectivity index is 1.67. The maximum absolute atomic E-state index is 5.96. The van der Waals surface area contributed by atoms with E-state index in [-0.39, 0.29) is 0 Å². The number of benzene rings is 1. The molecule has 126 valence electrons. The van der Waals surface area contributed by atoms with Gasteiger partial charge in [0, 0.05) is 56.5 Å². The van der Waals surface area contributed by atoms with Crippen LogP contribution in [-0.2, 0) is 6.42 Å². The maximum atomic E-state index is 5.96. The molecule has 8 heteroatoms. The molecule has 2 radical (unpaired) electrons. The zero-order valence-corrected chi connectivity index (χ0v) is 14.3. The van der Waals surface area contributed by atoms with Gasteiger partial charge < -0.3 is 20.5 Å². The van der Waals surface area contributed by atoms with Crippen molar-refractivity contribution in [2.45, 2.75) is 6.42 Å². The fourth-order valence-corrected chi connectivity index (χ4v) is 2.32. The van der Waals surface area contributed by atoms with Crippen molar-refractivity contribution in [3.8, 4) is 0 Å². The summed E-state index contributed by atoms with van der Waals surface area (Å²) in [6.07, 6.45) is 5.87. The zero-order valence-electron chi connectivity index (χ0n) is 14.3. The number of nitrogens with one attached hydrogen (secondary N) is 3. The Morgan fingerprint density at radius 1 is 1.24 bits per heavy atom. The smallest absolute Gasteiger partial charge is 0.229 e. The lowest BCUT2D eigenvalue weighted by molar-refractivity contribution is 0.967. The first kappa shape index (κ1) is 16.8. The molecular formula is C17H20BN7. The minimum absolute atomic E-state index is 0.495. The quantitative estimate of drug-likeness (QED) is 0.568. The summed E-state index contributed by atoms with van der Waals surface area (Å²) in [4.78, 5) is 17.8. The highest BCUT2D eigenvalue weighted by Crippen LogP contribution is 2.19. The molecule has 0 unspecified atom stereocenters. The standard InChI is InChI=1S/C17H20BN7/c1-25(2)14-5-3-4-12(8-14)23-17-21-10-15(18)16(24-17)20-7-6-13-9-19-11-22-13/h3-5,8-11H,6-7H2,1-2H3,(H,19,22)(H2,20,21,23,24). The molecular weight excluding hydrogens is 313 g/mol. The molecule has 0 atom stereocenters. The van der Waals surface area contributed by atoms with Gasteiger partial charge in [-0.25, -0.2) is 9.97 Å². The van der Waals surface area contributed by atoms with Gasteiger partial charge in [-0.3, -0.25) is 0 Å². The van der Waals surface area contributed by atoms with Crippen molar-refractivity contribution in [3.05, 3.63) is 48.7 Å². The number of aromatic amines is 1. The normalized spacial score (nSPS) is 10.5. The van der Waals surface area contributed by atoms with E-state index >= 15 is 0 Å². The van der Waals surface area contributed by atoms with E-state index in [9.17, 15) is 0 Å². The second-order valence-corrected chi connectivity index (χ2v) is 5.82. The van der Waals surface area contributed by atoms with Crippen LogP contribution in [0.5, 0.6) is 0 Å². The van der Waals surface area contributed by atoms with Crippen LogP contribution in [0.3, 0.4) is 0 Å². The Labute approximate surface area is 148 Å². The van der Waals surface area contributed by atoms with Gasteiger partial charge in [0.05, 0.1) is 6.33 Å². The van der Waals surface area contributed by atoms with Crippen LogP contribution in [0.4, 0.5) is 23.1 Å². The number of nitrogens with zero attached hydrogens (tertiary/aromatic N) is 4. The Kier molecular flexibility index (Phi) is 5.18. The second kappa shape index (κ2) is 7.70. The molecule has 0 spiro atoms. The van der Waals surface area contributed by atoms with E-state index in [1.807, 2.05) is 43.3 Å². The van der Waals surface area contributed by atoms with Crippen molar-refractivity contribution in [1.82, 2.24) is 19.9 Å². The first-order valence-electron chi connectivity index (χ1n) is 8.00. The first-order chi connectivity index (χ1) is 12.1. The molecule has 25 heavy (non-hydrogen) atoms. The molecule has 1 aromatic carbocycles. The van der Waals surface area contributed by atoms with Crippen molar-refractivity contribution < 1.29 is 0 Å². The van der Waals surface area contributed by atoms with Crippen LogP contribution >= 0.6 is 0 Å². The van der Waals surface area contributed by atoms with Gasteiger partial charge in [-0.15, -0.1) is 0 Å². The third kappa shape index (κ3) is 4.50. The number of hydrogen-bond acceptors (Lipinski definition) is 6. The lowest BCUT2D eigenvalue weighted by atomic mass is 9.99. The van der Waals surface area contributed by atoms with Gasteiger partial charge in [-0.1, -0.05) is 6.07 Å². The van der Waals surface area contributed by atoms with Gasteiger partial charge in [-0.2, -0.15) is 4.98 Å². The van der Waals surface area contributed by atoms with Crippen molar-refractivity contribution >= 4 is 36.5 Å². The Bertz CT molecular complexity index is 818. The Morgan fingerprint density at radius 2 is 2.12 bits per heavy atom. The van der Waals surface area contributed by atoms with Gasteiger partial charge in [0.1, 0.15) is 13.7 Å². The third-order valence-electron chi connectivity index (χ3n) is 3.68. The highest BCUT2D eigenvalue weighted by atomic mass is 15.1. The monoisotopic (exact) mass is 333 g/mol. The van der Waals surface area contributed by atoms with Crippen LogP contribution in [0, 0.1) is 0 Å². The number of hydrogen-bond donors (Lipinski definition) is 3. The van der Waals surface area contributed by atoms with E-state index < -0.39 is 0 Å². The molecule has 3 aromatic rings. The average molecular weight is 333 g/mol. The predicted octanol–water partition coefficient (Wildman–Crippen LogP) is 1.46. The number of rotatable bonds is 7. The van der Waals surface area contributed by atoms with E-state index in [2.05, 4.69) is 30.6 Å². The number of H-pyrrole nitrogens is 1. The molecule has 0 saturated heterocycles. The summed E-state index contributed by atoms with van der Waals surface area (Å²) in [6.45, 7) is 0.693. The summed E-state index contributed by atoms with van der Waals surface area (Å²) in [7, 11) is 9.97. The number of anilines is 4. The summed E-state index contributed by atoms with van der Waals surface area (Å²) >= 11 is 0. The van der Waals surface area contributed by atoms with E-state index in [0.29, 0.717) is 23.8 Å². The van der Waals surface area contributed by atoms with E-state index in [4.69, 9.17) is 7.85 Å². The van der Waals surface area contributed by atoms with Crippen LogP contribution in [0.15, 0.2) is 43.0 Å². The molecule has 0 bridgehead atoms. The van der Waals surface area contributed by atoms with E-state index in [1.54, 1.807) is 18.7 Å². The third-order valence-corrected chi connectivity index (χ3v) is 3.68. The average Bonchev–Trinajstić information content (AvgIpc) is 3.11. The van der Waals surface area contributed by atoms with E-state index in [0.717, 1.165) is 23.5 Å². The van der Waals surface area contributed by atoms with Crippen molar-refractivity contribution in [3.63, 3.8) is 0 Å². The molecule has 7 nitrogen and oxygen atoms in total. The fourth-order valence-electron chi connectivity index (χ4n) is 2.32. The molecule has 3 N–H and O–H groups in total. The molecule has 0 aliphatic rings. The highest BCUT2D eigenvalue weighted by molar-refractivity contribution is 6.35. The molecule has 0 saturated carbocycles. The second-order valence-electron chi connectivity index (χ2n) is 5.82. The maximum Gasteiger partial charge on any atom is 0.229 e. The van der Waals surface area contributed by atoms with Gasteiger partial charge >= 0.3 is 0 Å². The molecule has 0 fully saturated rings. The highest BCUT2D eigenvalue weighted by Gasteiger charge is 2.05. The lowest BCUT2D eigenvalue weighted by Gasteiger charge is -2.14. The minimum atomic E-state index is 0.495. The van der Waals surface area contributed by atoms with Crippen molar-refractivity contribution in [1.29, 1.82) is 0 Å². The van der Waals surface area contributed by atoms with Gasteiger partial charge in [-0.05, 0) is 23.7 Å². The summed E-state index contributed by atoms with van der Waals surface area (Å²) < 4.78 is 0. The van der Waals surface area contributed by atoms with Crippen LogP contribution in [0.2, 0.25) is 0 Å². The topological polar surface area (TPSA) is 81.8 Å². The molecule has 2 aromatic heterocycles. The van der Waals surface area contributed by atoms with Crippen LogP contribution in [0.1, 0.15) is 5.69 Å². The SMILES string of the molecule is [B]c1cnc(Nc2cccc(N(C)C)c2)nc1NCCc1cnc[nH]1. The van der Waals surface area contributed by atoms with Gasteiger partial charge in [0.15, 0.2) is 0 Å². The fraction of sp³-hybridized carbons (Fsp3) is 0.235. The largest absolute Gasteiger partial charge is 0.378 e. The summed E-state index contributed by atoms with van der Waals surface area (Å²) in [5.41, 5.74) is 3.58. The minimum Gasteiger partial charge on any atom is -0.378 e.